The number of fused-ring (bicyclic) bond motifs is 3. The molecular weight excluding hydrogens is 775 g/mol. The number of anilines is 1. The molecule has 3 heterocycles. The standard InChI is InChI=1S/C16H16N2O4.C16H18N2O2.C16H17NO2/c1-10-4-2-7-14(15(19)8-10)17-9-12-11(16(17)20)5-3-6-13(12)18(21)22;1-10-4-2-7-14(15(19)8-10)18-9-12-11(16(18)20)5-3-6-13(12)17;1-11-5-4-8-14(15(18)9-11)17-10-12-6-2-3-7-13(12)16(17)19/h3,5-6,14H,1-2,4,7-9H2;3,5-6,14H,1-2,4,7-9,17H2;2-3,6-7,14H,1,4-5,8-10H2/t3*14-/m000/s1. The molecule has 9 rings (SSSR count). The molecule has 6 aliphatic rings. The van der Waals surface area contributed by atoms with Gasteiger partial charge in [-0.05, 0) is 87.6 Å². The number of carbonyl (C=O) groups excluding carboxylic acids is 6. The summed E-state index contributed by atoms with van der Waals surface area (Å²) >= 11 is 0. The molecule has 3 amide bonds. The molecule has 2 N–H and O–H groups in total. The molecule has 13 nitrogen and oxygen atoms in total. The minimum atomic E-state index is -0.501. The molecule has 3 aromatic carbocycles. The maximum Gasteiger partial charge on any atom is 0.275 e. The van der Waals surface area contributed by atoms with Crippen molar-refractivity contribution in [3.63, 3.8) is 0 Å². The molecule has 61 heavy (non-hydrogen) atoms. The van der Waals surface area contributed by atoms with Gasteiger partial charge in [0.2, 0.25) is 0 Å². The van der Waals surface area contributed by atoms with Gasteiger partial charge in [-0.15, -0.1) is 0 Å². The van der Waals surface area contributed by atoms with Crippen LogP contribution in [0.5, 0.6) is 0 Å². The number of carbonyl (C=O) groups is 6. The van der Waals surface area contributed by atoms with E-state index in [4.69, 9.17) is 5.73 Å². The molecule has 3 aliphatic carbocycles. The number of nitrogens with zero attached hydrogens (tertiary/aromatic N) is 4. The van der Waals surface area contributed by atoms with Gasteiger partial charge in [0.15, 0.2) is 17.3 Å². The average Bonchev–Trinajstić information content (AvgIpc) is 3.71. The lowest BCUT2D eigenvalue weighted by Crippen LogP contribution is -2.40. The molecule has 0 bridgehead atoms. The number of ketones is 3. The van der Waals surface area contributed by atoms with Gasteiger partial charge in [0.25, 0.3) is 23.4 Å². The zero-order valence-electron chi connectivity index (χ0n) is 34.4. The van der Waals surface area contributed by atoms with Crippen molar-refractivity contribution in [3.05, 3.63) is 141 Å². The summed E-state index contributed by atoms with van der Waals surface area (Å²) in [7, 11) is 0. The summed E-state index contributed by atoms with van der Waals surface area (Å²) in [5.74, 6) is -0.133. The second kappa shape index (κ2) is 18.0. The first-order valence-corrected chi connectivity index (χ1v) is 21.0. The number of hydrogen-bond acceptors (Lipinski definition) is 9. The number of rotatable bonds is 4. The first-order chi connectivity index (χ1) is 29.2. The molecule has 0 saturated heterocycles. The lowest BCUT2D eigenvalue weighted by molar-refractivity contribution is -0.385. The number of benzene rings is 3. The van der Waals surface area contributed by atoms with Gasteiger partial charge in [0.05, 0.1) is 40.7 Å². The van der Waals surface area contributed by atoms with Crippen LogP contribution in [-0.4, -0.2) is 72.8 Å². The maximum absolute atomic E-state index is 12.5. The van der Waals surface area contributed by atoms with Crippen LogP contribution >= 0.6 is 0 Å². The number of nitro benzene ring substituents is 1. The Balaban J connectivity index is 0.000000138. The van der Waals surface area contributed by atoms with Gasteiger partial charge >= 0.3 is 0 Å². The zero-order valence-corrected chi connectivity index (χ0v) is 34.4. The quantitative estimate of drug-likeness (QED) is 0.0910. The van der Waals surface area contributed by atoms with Crippen LogP contribution in [-0.2, 0) is 34.0 Å². The summed E-state index contributed by atoms with van der Waals surface area (Å²) in [5.41, 5.74) is 13.4. The number of allylic oxidation sites excluding steroid dienone is 3. The Bertz CT molecular complexity index is 2380. The van der Waals surface area contributed by atoms with Gasteiger partial charge in [-0.3, -0.25) is 38.9 Å². The van der Waals surface area contributed by atoms with Crippen LogP contribution in [0.1, 0.15) is 125 Å². The van der Waals surface area contributed by atoms with Gasteiger partial charge in [-0.25, -0.2) is 0 Å². The number of nitro groups is 1. The third-order valence-corrected chi connectivity index (χ3v) is 12.6. The van der Waals surface area contributed by atoms with Crippen molar-refractivity contribution in [3.8, 4) is 0 Å². The van der Waals surface area contributed by atoms with Crippen molar-refractivity contribution in [2.45, 2.75) is 115 Å². The molecule has 3 aliphatic heterocycles. The van der Waals surface area contributed by atoms with Crippen molar-refractivity contribution in [1.82, 2.24) is 14.7 Å². The topological polar surface area (TPSA) is 181 Å². The Kier molecular flexibility index (Phi) is 12.6. The predicted octanol–water partition coefficient (Wildman–Crippen LogP) is 7.62. The van der Waals surface area contributed by atoms with E-state index in [2.05, 4.69) is 19.7 Å². The van der Waals surface area contributed by atoms with Crippen LogP contribution in [0.25, 0.3) is 0 Å². The molecule has 0 aromatic heterocycles. The van der Waals surface area contributed by atoms with E-state index in [9.17, 15) is 38.9 Å². The molecule has 3 aromatic rings. The van der Waals surface area contributed by atoms with E-state index < -0.39 is 11.0 Å². The highest BCUT2D eigenvalue weighted by Crippen LogP contribution is 2.36. The smallest absolute Gasteiger partial charge is 0.275 e. The van der Waals surface area contributed by atoms with Crippen LogP contribution in [0.3, 0.4) is 0 Å². The molecule has 13 heteroatoms. The Hall–Kier alpha value is -6.50. The van der Waals surface area contributed by atoms with Crippen LogP contribution in [0.2, 0.25) is 0 Å². The summed E-state index contributed by atoms with van der Waals surface area (Å²) in [5, 5.41) is 11.1. The second-order valence-corrected chi connectivity index (χ2v) is 16.8. The molecule has 3 fully saturated rings. The van der Waals surface area contributed by atoms with Crippen LogP contribution in [0.4, 0.5) is 11.4 Å². The molecule has 0 unspecified atom stereocenters. The summed E-state index contributed by atoms with van der Waals surface area (Å²) in [6.07, 6.45) is 8.38. The Morgan fingerprint density at radius 3 is 1.43 bits per heavy atom. The molecular formula is C48H51N5O8. The fraction of sp³-hybridized carbons (Fsp3) is 0.375. The highest BCUT2D eigenvalue weighted by molar-refractivity contribution is 6.04. The fourth-order valence-corrected chi connectivity index (χ4v) is 9.39. The second-order valence-electron chi connectivity index (χ2n) is 16.8. The van der Waals surface area contributed by atoms with E-state index >= 15 is 0 Å². The van der Waals surface area contributed by atoms with E-state index in [1.807, 2.05) is 24.3 Å². The zero-order chi connectivity index (χ0) is 43.5. The molecule has 0 radical (unpaired) electrons. The van der Waals surface area contributed by atoms with E-state index in [1.54, 1.807) is 34.1 Å². The normalized spacial score (nSPS) is 22.7. The SMILES string of the molecule is C=C1CCC[C@H](N2Cc3c(N)cccc3C2=O)C(=O)C1.C=C1CCC[C@H](N2Cc3c(cccc3[N+](=O)[O-])C2=O)C(=O)C1.C=C1CCC[C@H](N2Cc3ccccc3C2=O)C(=O)C1. The van der Waals surface area contributed by atoms with Crippen molar-refractivity contribution in [2.24, 2.45) is 0 Å². The Labute approximate surface area is 355 Å². The van der Waals surface area contributed by atoms with Crippen molar-refractivity contribution in [2.75, 3.05) is 5.73 Å². The molecule has 316 valence electrons. The van der Waals surface area contributed by atoms with Gasteiger partial charge < -0.3 is 20.4 Å². The van der Waals surface area contributed by atoms with Gasteiger partial charge in [0.1, 0.15) is 0 Å². The number of nitrogens with two attached hydrogens (primary N) is 1. The van der Waals surface area contributed by atoms with Crippen molar-refractivity contribution >= 4 is 46.4 Å². The first kappa shape index (κ1) is 42.6. The number of nitrogen functional groups attached to an aromatic ring is 1. The van der Waals surface area contributed by atoms with Gasteiger partial charge in [0, 0.05) is 60.8 Å². The summed E-state index contributed by atoms with van der Waals surface area (Å²) in [6, 6.07) is 16.4. The number of amides is 3. The average molecular weight is 826 g/mol. The lowest BCUT2D eigenvalue weighted by atomic mass is 10.1. The summed E-state index contributed by atoms with van der Waals surface area (Å²) < 4.78 is 0. The van der Waals surface area contributed by atoms with Crippen molar-refractivity contribution in [1.29, 1.82) is 0 Å². The maximum atomic E-state index is 12.5. The highest BCUT2D eigenvalue weighted by atomic mass is 16.6. The van der Waals surface area contributed by atoms with E-state index in [1.165, 1.54) is 17.0 Å². The van der Waals surface area contributed by atoms with Crippen molar-refractivity contribution < 1.29 is 33.7 Å². The molecule has 3 saturated carbocycles. The first-order valence-electron chi connectivity index (χ1n) is 21.0. The van der Waals surface area contributed by atoms with Crippen LogP contribution < -0.4 is 5.73 Å². The third-order valence-electron chi connectivity index (χ3n) is 12.6. The van der Waals surface area contributed by atoms with E-state index in [0.29, 0.717) is 54.7 Å². The van der Waals surface area contributed by atoms with Crippen LogP contribution in [0.15, 0.2) is 97.1 Å². The Morgan fingerprint density at radius 1 is 0.541 bits per heavy atom. The van der Waals surface area contributed by atoms with E-state index in [0.717, 1.165) is 84.8 Å². The summed E-state index contributed by atoms with van der Waals surface area (Å²) in [6.45, 7) is 12.9. The minimum Gasteiger partial charge on any atom is -0.398 e. The highest BCUT2D eigenvalue weighted by Gasteiger charge is 2.41. The van der Waals surface area contributed by atoms with Crippen LogP contribution in [0, 0.1) is 10.1 Å². The number of hydrogen-bond donors (Lipinski definition) is 1. The minimum absolute atomic E-state index is 0.00135. The van der Waals surface area contributed by atoms with Gasteiger partial charge in [-0.1, -0.05) is 66.8 Å². The molecule has 0 spiro atoms. The molecule has 3 atom stereocenters. The van der Waals surface area contributed by atoms with Gasteiger partial charge in [-0.2, -0.15) is 0 Å². The number of Topliss-reactive ketones (excluding diaryl/α,β-unsaturated/α-hetero) is 3. The Morgan fingerprint density at radius 2 is 0.951 bits per heavy atom. The largest absolute Gasteiger partial charge is 0.398 e. The monoisotopic (exact) mass is 825 g/mol. The third kappa shape index (κ3) is 8.87. The lowest BCUT2D eigenvalue weighted by Gasteiger charge is -2.25. The fourth-order valence-electron chi connectivity index (χ4n) is 9.39. The van der Waals surface area contributed by atoms with E-state index in [-0.39, 0.29) is 65.8 Å². The summed E-state index contributed by atoms with van der Waals surface area (Å²) in [4.78, 5) is 89.8. The predicted molar refractivity (Wildman–Crippen MR) is 229 cm³/mol.